The first-order chi connectivity index (χ1) is 20.9. The maximum atomic E-state index is 13.3. The summed E-state index contributed by atoms with van der Waals surface area (Å²) in [7, 11) is -4.12. The lowest BCUT2D eigenvalue weighted by Crippen LogP contribution is -2.34. The Morgan fingerprint density at radius 1 is 1.07 bits per heavy atom. The lowest BCUT2D eigenvalue weighted by Gasteiger charge is -2.21. The molecule has 2 fully saturated rings. The number of rotatable bonds is 15. The van der Waals surface area contributed by atoms with Gasteiger partial charge in [0.2, 0.25) is 18.9 Å². The van der Waals surface area contributed by atoms with E-state index in [1.54, 1.807) is 44.5 Å². The van der Waals surface area contributed by atoms with Crippen LogP contribution in [0.1, 0.15) is 59.6 Å². The predicted octanol–water partition coefficient (Wildman–Crippen LogP) is 3.57. The molecule has 1 saturated carbocycles. The van der Waals surface area contributed by atoms with Gasteiger partial charge < -0.3 is 39.0 Å². The topological polar surface area (TPSA) is 190 Å². The van der Waals surface area contributed by atoms with E-state index in [1.165, 1.54) is 0 Å². The number of carbonyl (C=O) groups is 2. The lowest BCUT2D eigenvalue weighted by atomic mass is 10.1. The average Bonchev–Trinajstić information content (AvgIpc) is 3.69. The van der Waals surface area contributed by atoms with Crippen molar-refractivity contribution in [1.29, 1.82) is 0 Å². The van der Waals surface area contributed by atoms with Crippen LogP contribution < -0.4 is 5.32 Å². The van der Waals surface area contributed by atoms with Crippen molar-refractivity contribution in [2.45, 2.75) is 84.0 Å². The van der Waals surface area contributed by atoms with Crippen LogP contribution in [0.4, 0.5) is 5.82 Å². The summed E-state index contributed by atoms with van der Waals surface area (Å²) in [5, 5.41) is 25.7. The standard InChI is InChI=1S/C27H40ClN4O11P/c1-15(2)25(35)39-12-41-44(37,42-13-40-26(36)16(3)4)14-38-11-19-20(33)21(34)24(43-19)32-10-9-18-22(29-17-7-5-6-8-17)30-27(28)31-23(18)32/h9-10,15-17,19-21,24,33-34H,5-8,11-14H2,1-4H3,(H,29,30,31)/t19-,20-,21-,24-/m1/s1. The van der Waals surface area contributed by atoms with Crippen molar-refractivity contribution in [2.24, 2.45) is 11.8 Å². The fraction of sp³-hybridized carbons (Fsp3) is 0.704. The smallest absolute Gasteiger partial charge is 0.361 e. The van der Waals surface area contributed by atoms with Gasteiger partial charge in [-0.3, -0.25) is 23.2 Å². The lowest BCUT2D eigenvalue weighted by molar-refractivity contribution is -0.156. The molecule has 0 amide bonds. The second kappa shape index (κ2) is 15.3. The van der Waals surface area contributed by atoms with Gasteiger partial charge in [-0.1, -0.05) is 40.5 Å². The van der Waals surface area contributed by atoms with Crippen LogP contribution in [0.25, 0.3) is 11.0 Å². The highest BCUT2D eigenvalue weighted by Gasteiger charge is 2.44. The van der Waals surface area contributed by atoms with E-state index >= 15 is 0 Å². The van der Waals surface area contributed by atoms with Crippen LogP contribution in [0.5, 0.6) is 0 Å². The number of ether oxygens (including phenoxy) is 4. The van der Waals surface area contributed by atoms with E-state index in [1.807, 2.05) is 0 Å². The number of aliphatic hydroxyl groups is 2. The summed E-state index contributed by atoms with van der Waals surface area (Å²) in [5.41, 5.74) is 0.404. The van der Waals surface area contributed by atoms with Crippen molar-refractivity contribution in [3.8, 4) is 0 Å². The Morgan fingerprint density at radius 3 is 2.27 bits per heavy atom. The van der Waals surface area contributed by atoms with Crippen LogP contribution in [-0.4, -0.2) is 87.6 Å². The van der Waals surface area contributed by atoms with E-state index in [2.05, 4.69) is 15.3 Å². The highest BCUT2D eigenvalue weighted by molar-refractivity contribution is 7.53. The molecular formula is C27H40ClN4O11P. The quantitative estimate of drug-likeness (QED) is 0.109. The second-order valence-electron chi connectivity index (χ2n) is 11.3. The summed E-state index contributed by atoms with van der Waals surface area (Å²) in [6.07, 6.45) is 0.462. The Balaban J connectivity index is 1.39. The number of anilines is 1. The number of esters is 2. The minimum Gasteiger partial charge on any atom is -0.438 e. The minimum atomic E-state index is -4.12. The molecule has 0 unspecified atom stereocenters. The van der Waals surface area contributed by atoms with E-state index in [0.29, 0.717) is 16.9 Å². The summed E-state index contributed by atoms with van der Waals surface area (Å²) in [6, 6.07) is 2.05. The Hall–Kier alpha value is -2.36. The van der Waals surface area contributed by atoms with E-state index in [-0.39, 0.29) is 17.9 Å². The van der Waals surface area contributed by atoms with Gasteiger partial charge >= 0.3 is 19.5 Å². The van der Waals surface area contributed by atoms with Crippen molar-refractivity contribution in [1.82, 2.24) is 14.5 Å². The Bertz CT molecular complexity index is 1310. The van der Waals surface area contributed by atoms with Gasteiger partial charge in [-0.25, -0.2) is 4.98 Å². The summed E-state index contributed by atoms with van der Waals surface area (Å²) in [4.78, 5) is 32.2. The molecule has 17 heteroatoms. The predicted molar refractivity (Wildman–Crippen MR) is 157 cm³/mol. The number of aromatic nitrogens is 3. The third-order valence-corrected chi connectivity index (χ3v) is 8.89. The van der Waals surface area contributed by atoms with Crippen LogP contribution in [-0.2, 0) is 42.1 Å². The minimum absolute atomic E-state index is 0.0137. The van der Waals surface area contributed by atoms with E-state index in [0.717, 1.165) is 25.7 Å². The molecule has 0 bridgehead atoms. The van der Waals surface area contributed by atoms with Crippen molar-refractivity contribution < 1.29 is 52.4 Å². The van der Waals surface area contributed by atoms with Gasteiger partial charge in [-0.05, 0) is 30.5 Å². The largest absolute Gasteiger partial charge is 0.438 e. The summed E-state index contributed by atoms with van der Waals surface area (Å²) >= 11 is 6.23. The van der Waals surface area contributed by atoms with Crippen molar-refractivity contribution in [2.75, 3.05) is 31.9 Å². The van der Waals surface area contributed by atoms with Gasteiger partial charge in [0.05, 0.1) is 23.8 Å². The summed E-state index contributed by atoms with van der Waals surface area (Å²) in [6.45, 7) is 4.76. The second-order valence-corrected chi connectivity index (χ2v) is 13.6. The molecule has 3 heterocycles. The van der Waals surface area contributed by atoms with Crippen molar-refractivity contribution in [3.63, 3.8) is 0 Å². The Morgan fingerprint density at radius 2 is 1.68 bits per heavy atom. The fourth-order valence-electron chi connectivity index (χ4n) is 4.74. The molecule has 2 aliphatic rings. The number of hydrogen-bond donors (Lipinski definition) is 3. The molecule has 44 heavy (non-hydrogen) atoms. The number of halogens is 1. The van der Waals surface area contributed by atoms with Crippen LogP contribution >= 0.6 is 19.2 Å². The SMILES string of the molecule is CC(C)C(=O)OCOP(=O)(COC[C@H]1O[C@@H](n2ccc3c(NC4CCCC4)nc(Cl)nc32)[C@H](O)[C@@H]1O)OCOC(=O)C(C)C. The molecule has 1 saturated heterocycles. The highest BCUT2D eigenvalue weighted by atomic mass is 35.5. The molecule has 1 aliphatic carbocycles. The zero-order chi connectivity index (χ0) is 32.0. The van der Waals surface area contributed by atoms with E-state index in [4.69, 9.17) is 39.6 Å². The molecule has 0 radical (unpaired) electrons. The van der Waals surface area contributed by atoms with Crippen LogP contribution in [0.2, 0.25) is 5.28 Å². The van der Waals surface area contributed by atoms with Crippen LogP contribution in [0, 0.1) is 11.8 Å². The zero-order valence-electron chi connectivity index (χ0n) is 25.1. The van der Waals surface area contributed by atoms with Gasteiger partial charge in [0.1, 0.15) is 36.1 Å². The Kier molecular flexibility index (Phi) is 12.0. The normalized spacial score (nSPS) is 22.8. The molecule has 2 aromatic rings. The van der Waals surface area contributed by atoms with E-state index in [9.17, 15) is 24.4 Å². The third-order valence-electron chi connectivity index (χ3n) is 7.23. The first-order valence-corrected chi connectivity index (χ1v) is 16.6. The number of carbonyl (C=O) groups excluding carboxylic acids is 2. The molecule has 246 valence electrons. The third kappa shape index (κ3) is 8.67. The number of fused-ring (bicyclic) bond motifs is 1. The van der Waals surface area contributed by atoms with Crippen molar-refractivity contribution in [3.05, 3.63) is 17.5 Å². The Labute approximate surface area is 260 Å². The molecule has 3 N–H and O–H groups in total. The first-order valence-electron chi connectivity index (χ1n) is 14.5. The molecule has 1 aliphatic heterocycles. The first kappa shape index (κ1) is 34.5. The number of aliphatic hydroxyl groups excluding tert-OH is 2. The zero-order valence-corrected chi connectivity index (χ0v) is 26.7. The molecule has 4 atom stereocenters. The van der Waals surface area contributed by atoms with E-state index < -0.39 is 75.8 Å². The van der Waals surface area contributed by atoms with Gasteiger partial charge in [0, 0.05) is 12.2 Å². The number of hydrogen-bond acceptors (Lipinski definition) is 14. The van der Waals surface area contributed by atoms with Gasteiger partial charge in [0.15, 0.2) is 6.23 Å². The van der Waals surface area contributed by atoms with Gasteiger partial charge in [-0.15, -0.1) is 0 Å². The number of nitrogens with zero attached hydrogens (tertiary/aromatic N) is 3. The summed E-state index contributed by atoms with van der Waals surface area (Å²) < 4.78 is 46.5. The maximum absolute atomic E-state index is 13.3. The average molecular weight is 663 g/mol. The number of nitrogens with one attached hydrogen (secondary N) is 1. The van der Waals surface area contributed by atoms with Crippen molar-refractivity contribution >= 4 is 48.0 Å². The van der Waals surface area contributed by atoms with Gasteiger partial charge in [-0.2, -0.15) is 4.98 Å². The fourth-order valence-corrected chi connectivity index (χ4v) is 5.88. The molecule has 0 spiro atoms. The highest BCUT2D eigenvalue weighted by Crippen LogP contribution is 2.48. The van der Waals surface area contributed by atoms with Crippen LogP contribution in [0.3, 0.4) is 0 Å². The van der Waals surface area contributed by atoms with Gasteiger partial charge in [0.25, 0.3) is 0 Å². The summed E-state index contributed by atoms with van der Waals surface area (Å²) in [5.74, 6) is -1.49. The molecule has 15 nitrogen and oxygen atoms in total. The molecule has 2 aromatic heterocycles. The molecule has 0 aromatic carbocycles. The molecular weight excluding hydrogens is 623 g/mol. The van der Waals surface area contributed by atoms with Crippen LogP contribution in [0.15, 0.2) is 12.3 Å². The maximum Gasteiger partial charge on any atom is 0.361 e. The molecule has 4 rings (SSSR count). The monoisotopic (exact) mass is 662 g/mol.